The summed E-state index contributed by atoms with van der Waals surface area (Å²) in [6, 6.07) is 19.7. The molecule has 3 aromatic carbocycles. The molecule has 0 aliphatic heterocycles. The van der Waals surface area contributed by atoms with Gasteiger partial charge < -0.3 is 19.5 Å². The quantitative estimate of drug-likeness (QED) is 0.471. The van der Waals surface area contributed by atoms with Crippen molar-refractivity contribution >= 4 is 21.6 Å². The number of sulfonamides is 1. The predicted molar refractivity (Wildman–Crippen MR) is 130 cm³/mol. The van der Waals surface area contributed by atoms with Crippen molar-refractivity contribution in [2.24, 2.45) is 0 Å². The van der Waals surface area contributed by atoms with Gasteiger partial charge in [-0.15, -0.1) is 0 Å². The Morgan fingerprint density at radius 2 is 1.47 bits per heavy atom. The van der Waals surface area contributed by atoms with Gasteiger partial charge in [-0.3, -0.25) is 9.10 Å². The normalized spacial score (nSPS) is 11.9. The summed E-state index contributed by atoms with van der Waals surface area (Å²) in [5.74, 6) is 0.835. The summed E-state index contributed by atoms with van der Waals surface area (Å²) in [5.41, 5.74) is 1.14. The van der Waals surface area contributed by atoms with Gasteiger partial charge in [0.1, 0.15) is 12.3 Å². The highest BCUT2D eigenvalue weighted by molar-refractivity contribution is 7.92. The van der Waals surface area contributed by atoms with Crippen LogP contribution in [0, 0.1) is 0 Å². The van der Waals surface area contributed by atoms with Crippen molar-refractivity contribution in [3.8, 4) is 17.2 Å². The van der Waals surface area contributed by atoms with E-state index in [4.69, 9.17) is 14.2 Å². The molecule has 0 radical (unpaired) electrons. The highest BCUT2D eigenvalue weighted by Crippen LogP contribution is 2.32. The third-order valence-corrected chi connectivity index (χ3v) is 7.03. The SMILES string of the molecule is COc1ccc(S(=O)(=O)N(CC(=O)N[C@@H](C)c2ccccc2OC)c2ccccc2)cc1OC. The molecule has 3 aromatic rings. The molecular formula is C25H28N2O6S. The van der Waals surface area contributed by atoms with Crippen molar-refractivity contribution in [1.29, 1.82) is 0 Å². The molecule has 0 aromatic heterocycles. The number of methoxy groups -OCH3 is 3. The van der Waals surface area contributed by atoms with E-state index in [1.807, 2.05) is 25.1 Å². The van der Waals surface area contributed by atoms with E-state index < -0.39 is 28.5 Å². The summed E-state index contributed by atoms with van der Waals surface area (Å²) < 4.78 is 44.2. The summed E-state index contributed by atoms with van der Waals surface area (Å²) in [5, 5.41) is 2.87. The molecule has 0 fully saturated rings. The van der Waals surface area contributed by atoms with E-state index in [2.05, 4.69) is 5.32 Å². The molecule has 0 saturated heterocycles. The lowest BCUT2D eigenvalue weighted by molar-refractivity contribution is -0.120. The Morgan fingerprint density at radius 1 is 0.853 bits per heavy atom. The molecule has 0 saturated carbocycles. The van der Waals surface area contributed by atoms with E-state index in [0.29, 0.717) is 17.2 Å². The average Bonchev–Trinajstić information content (AvgIpc) is 2.87. The Bertz CT molecular complexity index is 1230. The third kappa shape index (κ3) is 5.43. The van der Waals surface area contributed by atoms with Crippen molar-refractivity contribution in [2.75, 3.05) is 32.2 Å². The second kappa shape index (κ2) is 10.9. The molecule has 180 valence electrons. The smallest absolute Gasteiger partial charge is 0.264 e. The first kappa shape index (κ1) is 24.9. The van der Waals surface area contributed by atoms with Gasteiger partial charge in [-0.05, 0) is 37.3 Å². The van der Waals surface area contributed by atoms with E-state index in [1.165, 1.54) is 32.4 Å². The standard InChI is InChI=1S/C25H28N2O6S/c1-18(21-12-8-9-13-22(21)31-2)26-25(28)17-27(19-10-6-5-7-11-19)34(29,30)20-14-15-23(32-3)24(16-20)33-4/h5-16,18H,17H2,1-4H3,(H,26,28)/t18-/m0/s1. The van der Waals surface area contributed by atoms with Gasteiger partial charge in [0.05, 0.1) is 38.0 Å². The van der Waals surface area contributed by atoms with E-state index in [9.17, 15) is 13.2 Å². The van der Waals surface area contributed by atoms with Crippen LogP contribution < -0.4 is 23.8 Å². The van der Waals surface area contributed by atoms with E-state index in [1.54, 1.807) is 43.5 Å². The van der Waals surface area contributed by atoms with Crippen LogP contribution >= 0.6 is 0 Å². The molecule has 0 aliphatic rings. The van der Waals surface area contributed by atoms with Crippen LogP contribution in [0.4, 0.5) is 5.69 Å². The number of hydrogen-bond donors (Lipinski definition) is 1. The highest BCUT2D eigenvalue weighted by Gasteiger charge is 2.29. The molecule has 34 heavy (non-hydrogen) atoms. The van der Waals surface area contributed by atoms with Crippen LogP contribution in [0.5, 0.6) is 17.2 Å². The molecule has 8 nitrogen and oxygen atoms in total. The summed E-state index contributed by atoms with van der Waals surface area (Å²) in [6.07, 6.45) is 0. The Morgan fingerprint density at radius 3 is 2.12 bits per heavy atom. The van der Waals surface area contributed by atoms with Crippen molar-refractivity contribution in [1.82, 2.24) is 5.32 Å². The molecule has 1 N–H and O–H groups in total. The lowest BCUT2D eigenvalue weighted by Gasteiger charge is -2.25. The largest absolute Gasteiger partial charge is 0.496 e. The van der Waals surface area contributed by atoms with Crippen LogP contribution in [0.1, 0.15) is 18.5 Å². The van der Waals surface area contributed by atoms with Crippen molar-refractivity contribution in [3.63, 3.8) is 0 Å². The van der Waals surface area contributed by atoms with Gasteiger partial charge in [0.25, 0.3) is 10.0 Å². The van der Waals surface area contributed by atoms with Gasteiger partial charge in [0.2, 0.25) is 5.91 Å². The van der Waals surface area contributed by atoms with Gasteiger partial charge in [-0.25, -0.2) is 8.42 Å². The predicted octanol–water partition coefficient (Wildman–Crippen LogP) is 3.79. The molecule has 3 rings (SSSR count). The maximum Gasteiger partial charge on any atom is 0.264 e. The minimum atomic E-state index is -4.11. The summed E-state index contributed by atoms with van der Waals surface area (Å²) >= 11 is 0. The van der Waals surface area contributed by atoms with Crippen molar-refractivity contribution in [3.05, 3.63) is 78.4 Å². The molecule has 1 atom stereocenters. The Balaban J connectivity index is 1.92. The van der Waals surface area contributed by atoms with Crippen molar-refractivity contribution in [2.45, 2.75) is 17.9 Å². The first-order chi connectivity index (χ1) is 16.3. The second-order valence-electron chi connectivity index (χ2n) is 7.40. The molecule has 0 aliphatic carbocycles. The summed E-state index contributed by atoms with van der Waals surface area (Å²) in [7, 11) is 0.342. The zero-order chi connectivity index (χ0) is 24.7. The Labute approximate surface area is 200 Å². The van der Waals surface area contributed by atoms with Crippen LogP contribution in [0.25, 0.3) is 0 Å². The van der Waals surface area contributed by atoms with Crippen LogP contribution in [0.15, 0.2) is 77.7 Å². The number of rotatable bonds is 10. The minimum Gasteiger partial charge on any atom is -0.496 e. The van der Waals surface area contributed by atoms with Gasteiger partial charge >= 0.3 is 0 Å². The number of nitrogens with zero attached hydrogens (tertiary/aromatic N) is 1. The zero-order valence-corrected chi connectivity index (χ0v) is 20.3. The van der Waals surface area contributed by atoms with Gasteiger partial charge in [-0.2, -0.15) is 0 Å². The maximum atomic E-state index is 13.6. The number of benzene rings is 3. The number of nitrogens with one attached hydrogen (secondary N) is 1. The first-order valence-corrected chi connectivity index (χ1v) is 12.0. The fraction of sp³-hybridized carbons (Fsp3) is 0.240. The topological polar surface area (TPSA) is 94.2 Å². The lowest BCUT2D eigenvalue weighted by Crippen LogP contribution is -2.41. The molecule has 0 spiro atoms. The lowest BCUT2D eigenvalue weighted by atomic mass is 10.1. The molecule has 0 bridgehead atoms. The Kier molecular flexibility index (Phi) is 8.01. The molecular weight excluding hydrogens is 456 g/mol. The third-order valence-electron chi connectivity index (χ3n) is 5.26. The fourth-order valence-corrected chi connectivity index (χ4v) is 4.97. The zero-order valence-electron chi connectivity index (χ0n) is 19.5. The number of ether oxygens (including phenoxy) is 3. The summed E-state index contributed by atoms with van der Waals surface area (Å²) in [4.78, 5) is 13.0. The Hall–Kier alpha value is -3.72. The van der Waals surface area contributed by atoms with E-state index in [0.717, 1.165) is 9.87 Å². The van der Waals surface area contributed by atoms with Gasteiger partial charge in [-0.1, -0.05) is 36.4 Å². The average molecular weight is 485 g/mol. The van der Waals surface area contributed by atoms with E-state index in [-0.39, 0.29) is 10.6 Å². The number of para-hydroxylation sites is 2. The van der Waals surface area contributed by atoms with E-state index >= 15 is 0 Å². The van der Waals surface area contributed by atoms with Crippen LogP contribution in [0.2, 0.25) is 0 Å². The highest BCUT2D eigenvalue weighted by atomic mass is 32.2. The monoisotopic (exact) mass is 484 g/mol. The number of amides is 1. The van der Waals surface area contributed by atoms with Gasteiger partial charge in [0.15, 0.2) is 11.5 Å². The van der Waals surface area contributed by atoms with Crippen LogP contribution in [-0.4, -0.2) is 42.2 Å². The number of anilines is 1. The maximum absolute atomic E-state index is 13.6. The summed E-state index contributed by atoms with van der Waals surface area (Å²) in [6.45, 7) is 1.39. The van der Waals surface area contributed by atoms with Crippen LogP contribution in [0.3, 0.4) is 0 Å². The van der Waals surface area contributed by atoms with Crippen LogP contribution in [-0.2, 0) is 14.8 Å². The van der Waals surface area contributed by atoms with Crippen molar-refractivity contribution < 1.29 is 27.4 Å². The number of carbonyl (C=O) groups is 1. The minimum absolute atomic E-state index is 0.0282. The number of hydrogen-bond acceptors (Lipinski definition) is 6. The second-order valence-corrected chi connectivity index (χ2v) is 9.26. The molecule has 0 heterocycles. The fourth-order valence-electron chi connectivity index (χ4n) is 3.53. The first-order valence-electron chi connectivity index (χ1n) is 10.5. The van der Waals surface area contributed by atoms with Gasteiger partial charge in [0, 0.05) is 11.6 Å². The molecule has 0 unspecified atom stereocenters. The molecule has 1 amide bonds. The number of carbonyl (C=O) groups excluding carboxylic acids is 1. The molecule has 9 heteroatoms.